The summed E-state index contributed by atoms with van der Waals surface area (Å²) >= 11 is 0. The zero-order valence-corrected chi connectivity index (χ0v) is 21.5. The molecule has 0 aliphatic heterocycles. The fraction of sp³-hybridized carbons (Fsp3) is 0.682. The van der Waals surface area contributed by atoms with Crippen LogP contribution in [0.15, 0.2) is 34.2 Å². The fourth-order valence-corrected chi connectivity index (χ4v) is 4.17. The minimum atomic E-state index is -3.14. The normalized spacial score (nSPS) is 15.9. The molecule has 0 aromatic heterocycles. The molecular formula is C22H38IN3O3S. The summed E-state index contributed by atoms with van der Waals surface area (Å²) in [7, 11) is -1.37. The Morgan fingerprint density at radius 2 is 1.67 bits per heavy atom. The molecule has 8 heteroatoms. The topological polar surface area (TPSA) is 79.8 Å². The molecule has 1 aromatic rings. The van der Waals surface area contributed by atoms with Crippen molar-refractivity contribution in [2.45, 2.75) is 68.8 Å². The highest BCUT2D eigenvalue weighted by Gasteiger charge is 2.12. The maximum atomic E-state index is 11.5. The molecule has 0 saturated heterocycles. The average Bonchev–Trinajstić information content (AvgIpc) is 2.97. The van der Waals surface area contributed by atoms with Crippen molar-refractivity contribution in [1.29, 1.82) is 0 Å². The number of hydrogen-bond acceptors (Lipinski definition) is 4. The summed E-state index contributed by atoms with van der Waals surface area (Å²) in [6.45, 7) is 2.46. The second-order valence-electron chi connectivity index (χ2n) is 7.78. The number of unbranched alkanes of at least 4 members (excludes halogenated alkanes) is 1. The standard InChI is InChI=1S/C22H37N3O3S.HI/c1-23-22(24-16-7-8-18-28-20-9-5-3-4-6-10-20)25-17-15-19-11-13-21(14-12-19)29(2,26)27;/h11-14,20H,3-10,15-18H2,1-2H3,(H2,23,24,25);1H. The van der Waals surface area contributed by atoms with Crippen LogP contribution < -0.4 is 10.6 Å². The SMILES string of the molecule is CN=C(NCCCCOC1CCCCCC1)NCCc1ccc(S(C)(=O)=O)cc1.I. The quantitative estimate of drug-likeness (QED) is 0.152. The highest BCUT2D eigenvalue weighted by Crippen LogP contribution is 2.19. The first-order valence-electron chi connectivity index (χ1n) is 10.8. The molecule has 1 aliphatic rings. The summed E-state index contributed by atoms with van der Waals surface area (Å²) in [4.78, 5) is 4.61. The van der Waals surface area contributed by atoms with Gasteiger partial charge < -0.3 is 15.4 Å². The van der Waals surface area contributed by atoms with Gasteiger partial charge in [0.15, 0.2) is 15.8 Å². The van der Waals surface area contributed by atoms with Crippen molar-refractivity contribution >= 4 is 39.8 Å². The van der Waals surface area contributed by atoms with E-state index in [1.54, 1.807) is 19.2 Å². The number of rotatable bonds is 10. The molecule has 2 N–H and O–H groups in total. The lowest BCUT2D eigenvalue weighted by Crippen LogP contribution is -2.38. The van der Waals surface area contributed by atoms with Crippen molar-refractivity contribution in [3.05, 3.63) is 29.8 Å². The maximum Gasteiger partial charge on any atom is 0.190 e. The van der Waals surface area contributed by atoms with Crippen molar-refractivity contribution < 1.29 is 13.2 Å². The molecule has 0 radical (unpaired) electrons. The van der Waals surface area contributed by atoms with E-state index in [-0.39, 0.29) is 24.0 Å². The predicted molar refractivity (Wildman–Crippen MR) is 135 cm³/mol. The zero-order valence-electron chi connectivity index (χ0n) is 18.4. The molecule has 0 spiro atoms. The monoisotopic (exact) mass is 551 g/mol. The highest BCUT2D eigenvalue weighted by molar-refractivity contribution is 14.0. The molecule has 1 aromatic carbocycles. The average molecular weight is 552 g/mol. The Morgan fingerprint density at radius 1 is 1.03 bits per heavy atom. The summed E-state index contributed by atoms with van der Waals surface area (Å²) < 4.78 is 29.0. The lowest BCUT2D eigenvalue weighted by Gasteiger charge is -2.15. The minimum Gasteiger partial charge on any atom is -0.378 e. The zero-order chi connectivity index (χ0) is 21.0. The van der Waals surface area contributed by atoms with Gasteiger partial charge in [0.25, 0.3) is 0 Å². The van der Waals surface area contributed by atoms with Crippen LogP contribution in [0, 0.1) is 0 Å². The molecule has 30 heavy (non-hydrogen) atoms. The van der Waals surface area contributed by atoms with E-state index in [9.17, 15) is 8.42 Å². The maximum absolute atomic E-state index is 11.5. The number of hydrogen-bond donors (Lipinski definition) is 2. The fourth-order valence-electron chi connectivity index (χ4n) is 3.54. The second kappa shape index (κ2) is 15.0. The van der Waals surface area contributed by atoms with Gasteiger partial charge in [-0.2, -0.15) is 0 Å². The molecule has 6 nitrogen and oxygen atoms in total. The van der Waals surface area contributed by atoms with E-state index in [0.29, 0.717) is 11.0 Å². The van der Waals surface area contributed by atoms with Gasteiger partial charge in [0.05, 0.1) is 11.0 Å². The number of nitrogens with zero attached hydrogens (tertiary/aromatic N) is 1. The summed E-state index contributed by atoms with van der Waals surface area (Å²) in [5.41, 5.74) is 1.09. The molecule has 1 fully saturated rings. The Bertz CT molecular complexity index is 716. The summed E-state index contributed by atoms with van der Waals surface area (Å²) in [5.74, 6) is 0.794. The van der Waals surface area contributed by atoms with Crippen LogP contribution in [-0.2, 0) is 21.0 Å². The van der Waals surface area contributed by atoms with Crippen LogP contribution >= 0.6 is 24.0 Å². The van der Waals surface area contributed by atoms with Crippen LogP contribution in [0.2, 0.25) is 0 Å². The first-order chi connectivity index (χ1) is 14.0. The van der Waals surface area contributed by atoms with E-state index >= 15 is 0 Å². The van der Waals surface area contributed by atoms with E-state index in [1.165, 1.54) is 44.8 Å². The van der Waals surface area contributed by atoms with Crippen LogP contribution in [0.4, 0.5) is 0 Å². The van der Waals surface area contributed by atoms with Crippen molar-refractivity contribution in [2.24, 2.45) is 4.99 Å². The Labute approximate surface area is 199 Å². The Hall–Kier alpha value is -0.870. The number of benzene rings is 1. The third-order valence-corrected chi connectivity index (χ3v) is 6.43. The number of aliphatic imine (C=N–C) groups is 1. The van der Waals surface area contributed by atoms with Crippen molar-refractivity contribution in [2.75, 3.05) is 33.0 Å². The summed E-state index contributed by atoms with van der Waals surface area (Å²) in [6, 6.07) is 7.05. The van der Waals surface area contributed by atoms with E-state index in [1.807, 2.05) is 12.1 Å². The van der Waals surface area contributed by atoms with Gasteiger partial charge in [-0.15, -0.1) is 24.0 Å². The van der Waals surface area contributed by atoms with Gasteiger partial charge in [-0.25, -0.2) is 8.42 Å². The van der Waals surface area contributed by atoms with Gasteiger partial charge in [0, 0.05) is 33.0 Å². The van der Waals surface area contributed by atoms with E-state index < -0.39 is 9.84 Å². The van der Waals surface area contributed by atoms with E-state index in [4.69, 9.17) is 4.74 Å². The van der Waals surface area contributed by atoms with Crippen molar-refractivity contribution in [3.63, 3.8) is 0 Å². The van der Waals surface area contributed by atoms with Crippen LogP contribution in [-0.4, -0.2) is 53.5 Å². The largest absolute Gasteiger partial charge is 0.378 e. The Kier molecular flexibility index (Phi) is 13.6. The highest BCUT2D eigenvalue weighted by atomic mass is 127. The molecule has 172 valence electrons. The van der Waals surface area contributed by atoms with Crippen molar-refractivity contribution in [3.8, 4) is 0 Å². The molecule has 0 unspecified atom stereocenters. The van der Waals surface area contributed by atoms with E-state index in [2.05, 4.69) is 15.6 Å². The third-order valence-electron chi connectivity index (χ3n) is 5.30. The van der Waals surface area contributed by atoms with Gasteiger partial charge >= 0.3 is 0 Å². The van der Waals surface area contributed by atoms with Crippen LogP contribution in [0.5, 0.6) is 0 Å². The number of sulfone groups is 1. The molecule has 1 saturated carbocycles. The third kappa shape index (κ3) is 10.9. The molecular weight excluding hydrogens is 513 g/mol. The van der Waals surface area contributed by atoms with Gasteiger partial charge in [0.2, 0.25) is 0 Å². The molecule has 0 bridgehead atoms. The number of ether oxygens (including phenoxy) is 1. The lowest BCUT2D eigenvalue weighted by atomic mass is 10.1. The smallest absolute Gasteiger partial charge is 0.190 e. The number of guanidine groups is 1. The van der Waals surface area contributed by atoms with Gasteiger partial charge in [0.1, 0.15) is 0 Å². The molecule has 0 atom stereocenters. The van der Waals surface area contributed by atoms with Crippen LogP contribution in [0.1, 0.15) is 56.9 Å². The molecule has 0 amide bonds. The summed E-state index contributed by atoms with van der Waals surface area (Å²) in [6.07, 6.45) is 12.4. The number of nitrogens with one attached hydrogen (secondary N) is 2. The Balaban J connectivity index is 0.00000450. The van der Waals surface area contributed by atoms with Crippen LogP contribution in [0.25, 0.3) is 0 Å². The predicted octanol–water partition coefficient (Wildman–Crippen LogP) is 3.94. The lowest BCUT2D eigenvalue weighted by molar-refractivity contribution is 0.0411. The first kappa shape index (κ1) is 27.2. The van der Waals surface area contributed by atoms with E-state index in [0.717, 1.165) is 50.5 Å². The van der Waals surface area contributed by atoms with Crippen LogP contribution in [0.3, 0.4) is 0 Å². The molecule has 1 aliphatic carbocycles. The molecule has 2 rings (SSSR count). The number of halogens is 1. The minimum absolute atomic E-state index is 0. The Morgan fingerprint density at radius 3 is 2.27 bits per heavy atom. The van der Waals surface area contributed by atoms with Gasteiger partial charge in [-0.05, 0) is 49.8 Å². The second-order valence-corrected chi connectivity index (χ2v) is 9.80. The van der Waals surface area contributed by atoms with Gasteiger partial charge in [-0.3, -0.25) is 4.99 Å². The molecule has 0 heterocycles. The van der Waals surface area contributed by atoms with Gasteiger partial charge in [-0.1, -0.05) is 37.8 Å². The van der Waals surface area contributed by atoms with Crippen molar-refractivity contribution in [1.82, 2.24) is 10.6 Å². The first-order valence-corrected chi connectivity index (χ1v) is 12.7. The summed E-state index contributed by atoms with van der Waals surface area (Å²) in [5, 5.41) is 6.64.